The molecular weight excluding hydrogens is 845 g/mol. The zero-order chi connectivity index (χ0) is 42.9. The maximum atomic E-state index is 14.0. The number of carbonyl (C=O) groups is 2. The van der Waals surface area contributed by atoms with Crippen molar-refractivity contribution in [1.82, 2.24) is 0 Å². The van der Waals surface area contributed by atoms with Crippen molar-refractivity contribution in [1.29, 1.82) is 0 Å². The van der Waals surface area contributed by atoms with Gasteiger partial charge in [-0.1, -0.05) is 79.9 Å². The van der Waals surface area contributed by atoms with E-state index in [2.05, 4.69) is 10.6 Å². The van der Waals surface area contributed by atoms with E-state index < -0.39 is 36.7 Å². The van der Waals surface area contributed by atoms with Gasteiger partial charge in [0.1, 0.15) is 25.3 Å². The van der Waals surface area contributed by atoms with Crippen molar-refractivity contribution in [3.05, 3.63) is 138 Å². The van der Waals surface area contributed by atoms with Crippen LogP contribution in [-0.2, 0) is 32.2 Å². The molecule has 4 aliphatic heterocycles. The summed E-state index contributed by atoms with van der Waals surface area (Å²) < 4.78 is 25.3. The second-order valence-electron chi connectivity index (χ2n) is 16.2. The number of hydrogen-bond acceptors (Lipinski definition) is 12. The van der Waals surface area contributed by atoms with Gasteiger partial charge in [-0.05, 0) is 98.2 Å². The molecule has 0 saturated carbocycles. The molecule has 8 rings (SSSR count). The maximum Gasteiger partial charge on any atom is 0.416 e. The normalized spacial score (nSPS) is 23.0. The number of nitrogens with one attached hydrogen (secondary N) is 2. The number of thiol groups is 4. The van der Waals surface area contributed by atoms with Crippen molar-refractivity contribution in [2.45, 2.75) is 110 Å². The molecule has 4 heterocycles. The predicted octanol–water partition coefficient (Wildman–Crippen LogP) is 11.0. The van der Waals surface area contributed by atoms with Gasteiger partial charge in [0.25, 0.3) is 0 Å². The van der Waals surface area contributed by atoms with E-state index in [-0.39, 0.29) is 25.4 Å². The van der Waals surface area contributed by atoms with Crippen LogP contribution >= 0.6 is 50.5 Å². The topological polar surface area (TPSA) is 102 Å². The molecule has 4 aromatic rings. The van der Waals surface area contributed by atoms with E-state index in [9.17, 15) is 9.59 Å². The summed E-state index contributed by atoms with van der Waals surface area (Å²) in [5.41, 5.74) is 9.10. The number of unbranched alkanes of at least 4 members (excludes halogenated alkanes) is 2. The van der Waals surface area contributed by atoms with E-state index in [0.29, 0.717) is 24.2 Å². The van der Waals surface area contributed by atoms with Gasteiger partial charge in [-0.25, -0.2) is 19.4 Å². The number of rotatable bonds is 10. The Morgan fingerprint density at radius 3 is 1.33 bits per heavy atom. The van der Waals surface area contributed by atoms with E-state index in [4.69, 9.17) is 69.5 Å². The Kier molecular flexibility index (Phi) is 13.3. The van der Waals surface area contributed by atoms with Gasteiger partial charge in [-0.3, -0.25) is 0 Å². The lowest BCUT2D eigenvalue weighted by atomic mass is 9.98. The lowest BCUT2D eigenvalue weighted by molar-refractivity contribution is -0.0139. The minimum atomic E-state index is -0.704. The molecule has 4 aromatic carbocycles. The van der Waals surface area contributed by atoms with Gasteiger partial charge in [-0.15, -0.1) is 50.5 Å². The zero-order valence-electron chi connectivity index (χ0n) is 34.6. The van der Waals surface area contributed by atoms with Gasteiger partial charge < -0.3 is 29.6 Å². The molecule has 320 valence electrons. The van der Waals surface area contributed by atoms with Crippen LogP contribution in [-0.4, -0.2) is 48.9 Å². The quantitative estimate of drug-likeness (QED) is 0.0692. The number of carbonyl (C=O) groups excluding carboxylic acids is 2. The second kappa shape index (κ2) is 18.7. The van der Waals surface area contributed by atoms with Crippen molar-refractivity contribution >= 4 is 85.5 Å². The third-order valence-electron chi connectivity index (χ3n) is 12.0. The number of nitrogens with zero attached hydrogens (tertiary/aromatic N) is 2. The zero-order valence-corrected chi connectivity index (χ0v) is 38.2. The summed E-state index contributed by atoms with van der Waals surface area (Å²) in [7, 11) is 0. The van der Waals surface area contributed by atoms with E-state index >= 15 is 0 Å². The maximum absolute atomic E-state index is 14.0. The fraction of sp³-hybridized carbons (Fsp3) is 0.362. The lowest BCUT2D eigenvalue weighted by Crippen LogP contribution is -2.58. The molecule has 2 N–H and O–H groups in total. The van der Waals surface area contributed by atoms with Gasteiger partial charge in [-0.2, -0.15) is 0 Å². The highest BCUT2D eigenvalue weighted by Gasteiger charge is 2.47. The summed E-state index contributed by atoms with van der Waals surface area (Å²) in [6, 6.07) is 26.5. The number of aryl methyl sites for hydroxylation is 4. The first-order valence-corrected chi connectivity index (χ1v) is 22.5. The molecular formula is C47H52N4O6S4. The van der Waals surface area contributed by atoms with Crippen LogP contribution in [0.25, 0.3) is 0 Å². The Labute approximate surface area is 380 Å². The number of anilines is 4. The first-order chi connectivity index (χ1) is 29.4. The summed E-state index contributed by atoms with van der Waals surface area (Å²) in [5.74, 6) is 0. The van der Waals surface area contributed by atoms with Gasteiger partial charge in [0, 0.05) is 19.6 Å². The van der Waals surface area contributed by atoms with E-state index in [1.165, 1.54) is 0 Å². The highest BCUT2D eigenvalue weighted by molar-refractivity contribution is 7.89. The number of fused-ring (bicyclic) bond motifs is 4. The third kappa shape index (κ3) is 9.03. The first kappa shape index (κ1) is 43.5. The molecule has 0 bridgehead atoms. The average Bonchev–Trinajstić information content (AvgIpc) is 3.26. The van der Waals surface area contributed by atoms with Gasteiger partial charge in [0.15, 0.2) is 12.5 Å². The number of ether oxygens (including phenoxy) is 4. The Bertz CT molecular complexity index is 2200. The third-order valence-corrected chi connectivity index (χ3v) is 14.5. The number of amides is 2. The molecule has 0 fully saturated rings. The van der Waals surface area contributed by atoms with Crippen LogP contribution in [0.2, 0.25) is 0 Å². The summed E-state index contributed by atoms with van der Waals surface area (Å²) >= 11 is 19.8. The molecule has 14 heteroatoms. The van der Waals surface area contributed by atoms with Crippen molar-refractivity contribution in [2.75, 3.05) is 20.4 Å². The average molecular weight is 897 g/mol. The SMILES string of the molecule is Cc1cc2c(cc1C)N(C(=O)OCc1ccccc1)[C@@H]1O[C@H](CCCCC[C@H]3O[C@@H]4[C@@H](Nc5cc(C)c(C)cc5N4C(=O)OCc4ccccc4)C(S)=C3S)C(S)=C(S)[C@@H]1N2. The van der Waals surface area contributed by atoms with E-state index in [1.807, 2.05) is 113 Å². The predicted molar refractivity (Wildman–Crippen MR) is 255 cm³/mol. The minimum Gasteiger partial charge on any atom is -0.444 e. The van der Waals surface area contributed by atoms with Crippen LogP contribution in [0.4, 0.5) is 32.3 Å². The fourth-order valence-corrected chi connectivity index (χ4v) is 9.64. The number of benzene rings is 4. The molecule has 0 spiro atoms. The standard InChI is InChI=1S/C47H52N4O6S4/c1-26-20-32-34(22-28(26)3)50(46(52)54-24-30-14-8-5-9-15-30)44-38(48-32)42(60)40(58)36(56-44)18-12-7-13-19-37-41(59)43(61)39-45(57-37)51(35-23-29(4)27(2)21-33(35)49-39)47(53)55-25-31-16-10-6-11-17-31/h5-6,8-11,14-17,20-23,36-39,44-45,48-49,58-61H,7,12-13,18-19,24-25H2,1-4H3/t36-,37-,38+,39+,44-,45-/m1/s1. The fourth-order valence-electron chi connectivity index (χ4n) is 8.31. The molecule has 0 saturated heterocycles. The van der Waals surface area contributed by atoms with Crippen LogP contribution in [0.1, 0.15) is 65.5 Å². The first-order valence-electron chi connectivity index (χ1n) is 20.7. The van der Waals surface area contributed by atoms with Crippen LogP contribution in [0.15, 0.2) is 105 Å². The molecule has 4 aliphatic rings. The monoisotopic (exact) mass is 896 g/mol. The summed E-state index contributed by atoms with van der Waals surface area (Å²) in [6.45, 7) is 8.42. The van der Waals surface area contributed by atoms with Gasteiger partial charge in [0.2, 0.25) is 0 Å². The molecule has 0 aliphatic carbocycles. The molecule has 6 atom stereocenters. The second-order valence-corrected chi connectivity index (χ2v) is 18.1. The molecule has 0 aromatic heterocycles. The van der Waals surface area contributed by atoms with Crippen molar-refractivity contribution in [3.8, 4) is 0 Å². The van der Waals surface area contributed by atoms with Crippen LogP contribution in [0.3, 0.4) is 0 Å². The van der Waals surface area contributed by atoms with Gasteiger partial charge in [0.05, 0.1) is 35.0 Å². The largest absolute Gasteiger partial charge is 0.444 e. The lowest BCUT2D eigenvalue weighted by Gasteiger charge is -2.47. The smallest absolute Gasteiger partial charge is 0.416 e. The van der Waals surface area contributed by atoms with Crippen LogP contribution in [0, 0.1) is 27.7 Å². The molecule has 2 amide bonds. The van der Waals surface area contributed by atoms with Crippen molar-refractivity contribution < 1.29 is 28.5 Å². The van der Waals surface area contributed by atoms with E-state index in [0.717, 1.165) is 83.6 Å². The van der Waals surface area contributed by atoms with Crippen molar-refractivity contribution in [2.24, 2.45) is 0 Å². The Hall–Kier alpha value is -4.18. The molecule has 10 nitrogen and oxygen atoms in total. The van der Waals surface area contributed by atoms with Crippen LogP contribution in [0.5, 0.6) is 0 Å². The summed E-state index contributed by atoms with van der Waals surface area (Å²) in [6.07, 6.45) is 0.653. The van der Waals surface area contributed by atoms with E-state index in [1.54, 1.807) is 9.80 Å². The molecule has 0 radical (unpaired) electrons. The summed E-state index contributed by atoms with van der Waals surface area (Å²) in [4.78, 5) is 34.1. The molecule has 61 heavy (non-hydrogen) atoms. The Morgan fingerprint density at radius 2 is 0.934 bits per heavy atom. The van der Waals surface area contributed by atoms with Crippen LogP contribution < -0.4 is 20.4 Å². The Morgan fingerprint density at radius 1 is 0.557 bits per heavy atom. The van der Waals surface area contributed by atoms with Gasteiger partial charge >= 0.3 is 12.2 Å². The Balaban J connectivity index is 0.936. The summed E-state index contributed by atoms with van der Waals surface area (Å²) in [5, 5.41) is 7.15. The number of hydrogen-bond donors (Lipinski definition) is 6. The molecule has 0 unspecified atom stereocenters. The minimum absolute atomic E-state index is 0.134. The highest BCUT2D eigenvalue weighted by atomic mass is 32.1. The van der Waals surface area contributed by atoms with Crippen molar-refractivity contribution in [3.63, 3.8) is 0 Å². The highest BCUT2D eigenvalue weighted by Crippen LogP contribution is 2.46.